The van der Waals surface area contributed by atoms with Crippen LogP contribution < -0.4 is 0 Å². The number of aliphatic hydroxyl groups is 1. The van der Waals surface area contributed by atoms with E-state index >= 15 is 0 Å². The van der Waals surface area contributed by atoms with Crippen molar-refractivity contribution in [3.05, 3.63) is 66.0 Å². The fourth-order valence-electron chi connectivity index (χ4n) is 2.63. The van der Waals surface area contributed by atoms with Crippen LogP contribution in [0.25, 0.3) is 0 Å². The number of hydrogen-bond donors (Lipinski definition) is 1. The Kier molecular flexibility index (Phi) is 16.0. The summed E-state index contributed by atoms with van der Waals surface area (Å²) in [5.41, 5.74) is 0.995. The van der Waals surface area contributed by atoms with Crippen LogP contribution >= 0.6 is 0 Å². The van der Waals surface area contributed by atoms with Gasteiger partial charge in [0, 0.05) is 29.1 Å². The quantitative estimate of drug-likeness (QED) is 0.199. The van der Waals surface area contributed by atoms with Crippen molar-refractivity contribution in [1.82, 2.24) is 0 Å². The number of allylic oxidation sites excluding steroid dienone is 6. The predicted octanol–water partition coefficient (Wildman–Crippen LogP) is 7.25. The van der Waals surface area contributed by atoms with Crippen molar-refractivity contribution in [2.45, 2.75) is 71.1 Å². The Balaban J connectivity index is 0.000000751. The maximum atomic E-state index is 9.83. The first kappa shape index (κ1) is 22.9. The molecule has 1 aliphatic rings. The van der Waals surface area contributed by atoms with Gasteiger partial charge in [-0.15, -0.1) is 0 Å². The molecule has 2 rings (SSSR count). The summed E-state index contributed by atoms with van der Waals surface area (Å²) in [6.07, 6.45) is 20.7. The Bertz CT molecular complexity index is 423. The Labute approximate surface area is 159 Å². The molecule has 0 amide bonds. The van der Waals surface area contributed by atoms with Crippen LogP contribution in [0.3, 0.4) is 0 Å². The molecule has 1 aromatic carbocycles. The smallest absolute Gasteiger partial charge is 0.0994 e. The van der Waals surface area contributed by atoms with Gasteiger partial charge in [0.15, 0.2) is 0 Å². The van der Waals surface area contributed by atoms with Crippen molar-refractivity contribution in [3.63, 3.8) is 0 Å². The second kappa shape index (κ2) is 16.7. The maximum absolute atomic E-state index is 9.83. The largest absolute Gasteiger partial charge is 0.512 e. The van der Waals surface area contributed by atoms with Crippen LogP contribution in [-0.2, 0) is 17.1 Å². The topological polar surface area (TPSA) is 20.2 Å². The molecule has 0 aliphatic heterocycles. The number of unbranched alkanes of at least 4 members (excludes halogenated alkanes) is 8. The summed E-state index contributed by atoms with van der Waals surface area (Å²) < 4.78 is 0. The number of hydrogen-bond acceptors (Lipinski definition) is 1. The molecule has 0 spiro atoms. The minimum Gasteiger partial charge on any atom is -0.512 e. The average molecular weight is 369 g/mol. The van der Waals surface area contributed by atoms with Crippen LogP contribution in [0, 0.1) is 0 Å². The molecule has 1 nitrogen and oxygen atoms in total. The summed E-state index contributed by atoms with van der Waals surface area (Å²) in [5.74, 6) is 0.558. The Morgan fingerprint density at radius 3 is 1.79 bits per heavy atom. The second-order valence-electron chi connectivity index (χ2n) is 6.16. The molecule has 0 saturated carbocycles. The van der Waals surface area contributed by atoms with Gasteiger partial charge < -0.3 is 5.11 Å². The molecule has 0 heterocycles. The van der Waals surface area contributed by atoms with Crippen LogP contribution in [0.15, 0.2) is 66.0 Å². The van der Waals surface area contributed by atoms with Gasteiger partial charge in [0.2, 0.25) is 0 Å². The summed E-state index contributed by atoms with van der Waals surface area (Å²) in [5, 5.41) is 9.83. The van der Waals surface area contributed by atoms with Crippen LogP contribution in [0.1, 0.15) is 71.1 Å². The first-order valence-corrected chi connectivity index (χ1v) is 9.28. The average Bonchev–Trinajstić information content (AvgIpc) is 3.28. The first-order valence-electron chi connectivity index (χ1n) is 9.28. The summed E-state index contributed by atoms with van der Waals surface area (Å²) in [4.78, 5) is 0. The van der Waals surface area contributed by atoms with Crippen molar-refractivity contribution in [3.8, 4) is 0 Å². The van der Waals surface area contributed by atoms with E-state index in [9.17, 15) is 5.11 Å². The molecule has 1 N–H and O–H groups in total. The predicted molar refractivity (Wildman–Crippen MR) is 102 cm³/mol. The maximum Gasteiger partial charge on any atom is 0.0994 e. The van der Waals surface area contributed by atoms with Gasteiger partial charge in [-0.05, 0) is 6.42 Å². The molecule has 1 aromatic rings. The first-order chi connectivity index (χ1) is 11.3. The molecule has 136 valence electrons. The van der Waals surface area contributed by atoms with E-state index in [1.807, 2.05) is 54.6 Å². The van der Waals surface area contributed by atoms with E-state index in [2.05, 4.69) is 6.92 Å². The van der Waals surface area contributed by atoms with Gasteiger partial charge >= 0.3 is 0 Å². The van der Waals surface area contributed by atoms with Crippen LogP contribution in [-0.4, -0.2) is 5.11 Å². The van der Waals surface area contributed by atoms with E-state index in [4.69, 9.17) is 0 Å². The van der Waals surface area contributed by atoms with E-state index < -0.39 is 0 Å². The molecule has 0 atom stereocenters. The minimum absolute atomic E-state index is 0. The molecule has 0 unspecified atom stereocenters. The number of rotatable bonds is 10. The Morgan fingerprint density at radius 2 is 1.33 bits per heavy atom. The van der Waals surface area contributed by atoms with Gasteiger partial charge in [0.25, 0.3) is 0 Å². The third-order valence-corrected chi connectivity index (χ3v) is 4.07. The molecule has 1 aliphatic carbocycles. The molecule has 0 bridgehead atoms. The number of aliphatic hydroxyl groups excluding tert-OH is 1. The zero-order valence-corrected chi connectivity index (χ0v) is 16.2. The monoisotopic (exact) mass is 369 g/mol. The van der Waals surface area contributed by atoms with Gasteiger partial charge in [0.05, 0.1) is 5.76 Å². The molecule has 0 aromatic heterocycles. The molecule has 2 heteroatoms. The SMILES string of the molecule is CCCCCCCCCCCC(O)=C1C=CC=C1.[Fe].c1cc[cH-]c1. The van der Waals surface area contributed by atoms with Gasteiger partial charge in [-0.1, -0.05) is 82.6 Å². The van der Waals surface area contributed by atoms with Crippen LogP contribution in [0.5, 0.6) is 0 Å². The molecule has 24 heavy (non-hydrogen) atoms. The van der Waals surface area contributed by atoms with Crippen molar-refractivity contribution < 1.29 is 22.2 Å². The summed E-state index contributed by atoms with van der Waals surface area (Å²) in [7, 11) is 0. The van der Waals surface area contributed by atoms with Gasteiger partial charge in [-0.25, -0.2) is 12.1 Å². The van der Waals surface area contributed by atoms with Gasteiger partial charge in [-0.2, -0.15) is 18.2 Å². The molecule has 0 fully saturated rings. The van der Waals surface area contributed by atoms with Crippen molar-refractivity contribution in [1.29, 1.82) is 0 Å². The van der Waals surface area contributed by atoms with E-state index in [1.165, 1.54) is 51.4 Å². The van der Waals surface area contributed by atoms with Crippen molar-refractivity contribution >= 4 is 0 Å². The summed E-state index contributed by atoms with van der Waals surface area (Å²) in [6.45, 7) is 2.26. The minimum atomic E-state index is 0. The molecular formula is C22H33FeO-. The third-order valence-electron chi connectivity index (χ3n) is 4.07. The Morgan fingerprint density at radius 1 is 0.833 bits per heavy atom. The third kappa shape index (κ3) is 12.3. The van der Waals surface area contributed by atoms with Crippen LogP contribution in [0.2, 0.25) is 0 Å². The fourth-order valence-corrected chi connectivity index (χ4v) is 2.63. The molecule has 0 saturated heterocycles. The fraction of sp³-hybridized carbons (Fsp3) is 0.500. The van der Waals surface area contributed by atoms with Crippen molar-refractivity contribution in [2.75, 3.05) is 0 Å². The van der Waals surface area contributed by atoms with E-state index in [0.29, 0.717) is 5.76 Å². The van der Waals surface area contributed by atoms with E-state index in [0.717, 1.165) is 18.4 Å². The summed E-state index contributed by atoms with van der Waals surface area (Å²) in [6, 6.07) is 10.0. The Hall–Kier alpha value is -1.11. The summed E-state index contributed by atoms with van der Waals surface area (Å²) >= 11 is 0. The zero-order chi connectivity index (χ0) is 16.6. The van der Waals surface area contributed by atoms with Gasteiger partial charge in [0.1, 0.15) is 0 Å². The second-order valence-corrected chi connectivity index (χ2v) is 6.16. The van der Waals surface area contributed by atoms with E-state index in [1.54, 1.807) is 0 Å². The zero-order valence-electron chi connectivity index (χ0n) is 15.1. The molecule has 0 radical (unpaired) electrons. The standard InChI is InChI=1S/C17H28O.C5H5.Fe/c1-2-3-4-5-6-7-8-9-10-15-17(18)16-13-11-12-14-16;1-2-4-5-3-1;/h11-14,18H,2-10,15H2,1H3;1-5H;/q;-1;. The van der Waals surface area contributed by atoms with Crippen molar-refractivity contribution in [2.24, 2.45) is 0 Å². The molecular weight excluding hydrogens is 336 g/mol. The van der Waals surface area contributed by atoms with Gasteiger partial charge in [-0.3, -0.25) is 0 Å². The normalized spacial score (nSPS) is 11.8. The van der Waals surface area contributed by atoms with E-state index in [-0.39, 0.29) is 17.1 Å². The van der Waals surface area contributed by atoms with Crippen LogP contribution in [0.4, 0.5) is 0 Å².